The number of hydrogen-bond acceptors (Lipinski definition) is 4. The highest BCUT2D eigenvalue weighted by Crippen LogP contribution is 2.36. The van der Waals surface area contributed by atoms with Gasteiger partial charge >= 0.3 is 0 Å². The van der Waals surface area contributed by atoms with Crippen LogP contribution in [0.1, 0.15) is 24.4 Å². The maximum atomic E-state index is 13.5. The predicted octanol–water partition coefficient (Wildman–Crippen LogP) is 3.96. The third-order valence-electron chi connectivity index (χ3n) is 4.00. The minimum Gasteiger partial charge on any atom is -0.493 e. The van der Waals surface area contributed by atoms with Crippen LogP contribution in [0.3, 0.4) is 0 Å². The van der Waals surface area contributed by atoms with Crippen LogP contribution >= 0.6 is 11.8 Å². The molecule has 1 N–H and O–H groups in total. The van der Waals surface area contributed by atoms with Gasteiger partial charge < -0.3 is 14.8 Å². The largest absolute Gasteiger partial charge is 0.493 e. The molecule has 1 aliphatic heterocycles. The van der Waals surface area contributed by atoms with Crippen molar-refractivity contribution in [1.82, 2.24) is 5.32 Å². The molecule has 132 valence electrons. The topological polar surface area (TPSA) is 47.6 Å². The van der Waals surface area contributed by atoms with Crippen LogP contribution in [0.15, 0.2) is 47.4 Å². The third-order valence-corrected chi connectivity index (χ3v) is 5.12. The Labute approximate surface area is 150 Å². The maximum absolute atomic E-state index is 13.5. The second-order valence-corrected chi connectivity index (χ2v) is 6.83. The molecule has 6 heteroatoms. The Morgan fingerprint density at radius 2 is 2.08 bits per heavy atom. The van der Waals surface area contributed by atoms with Crippen molar-refractivity contribution in [3.8, 4) is 11.5 Å². The van der Waals surface area contributed by atoms with Crippen molar-refractivity contribution >= 4 is 17.7 Å². The van der Waals surface area contributed by atoms with E-state index in [1.807, 2.05) is 12.1 Å². The Kier molecular flexibility index (Phi) is 5.81. The van der Waals surface area contributed by atoms with Crippen molar-refractivity contribution in [3.05, 3.63) is 53.8 Å². The molecule has 0 radical (unpaired) electrons. The van der Waals surface area contributed by atoms with Crippen LogP contribution in [0, 0.1) is 5.82 Å². The van der Waals surface area contributed by atoms with Crippen LogP contribution in [-0.4, -0.2) is 25.4 Å². The summed E-state index contributed by atoms with van der Waals surface area (Å²) in [5, 5.41) is 2.99. The lowest BCUT2D eigenvalue weighted by atomic mass is 10.0. The number of nitrogens with one attached hydrogen (secondary N) is 1. The highest BCUT2D eigenvalue weighted by atomic mass is 32.2. The molecule has 1 amide bonds. The Bertz CT molecular complexity index is 753. The number of ether oxygens (including phenoxy) is 2. The smallest absolute Gasteiger partial charge is 0.223 e. The summed E-state index contributed by atoms with van der Waals surface area (Å²) >= 11 is 1.69. The van der Waals surface area contributed by atoms with E-state index in [0.29, 0.717) is 11.5 Å². The molecular formula is C19H20FNO3S. The van der Waals surface area contributed by atoms with Gasteiger partial charge in [-0.2, -0.15) is 0 Å². The van der Waals surface area contributed by atoms with Gasteiger partial charge in [0.05, 0.1) is 26.2 Å². The van der Waals surface area contributed by atoms with Gasteiger partial charge in [0, 0.05) is 10.6 Å². The van der Waals surface area contributed by atoms with E-state index in [1.54, 1.807) is 37.1 Å². The quantitative estimate of drug-likeness (QED) is 0.846. The minimum absolute atomic E-state index is 0.109. The van der Waals surface area contributed by atoms with Crippen LogP contribution in [0.25, 0.3) is 0 Å². The van der Waals surface area contributed by atoms with E-state index in [1.165, 1.54) is 12.1 Å². The van der Waals surface area contributed by atoms with Crippen LogP contribution in [-0.2, 0) is 4.79 Å². The molecule has 1 atom stereocenters. The Balaban J connectivity index is 1.54. The number of thioether (sulfide) groups is 1. The fraction of sp³-hybridized carbons (Fsp3) is 0.316. The van der Waals surface area contributed by atoms with E-state index in [-0.39, 0.29) is 30.8 Å². The zero-order chi connectivity index (χ0) is 17.6. The summed E-state index contributed by atoms with van der Waals surface area (Å²) in [5.74, 6) is 1.76. The van der Waals surface area contributed by atoms with Gasteiger partial charge in [-0.1, -0.05) is 12.1 Å². The summed E-state index contributed by atoms with van der Waals surface area (Å²) in [7, 11) is 1.58. The van der Waals surface area contributed by atoms with Gasteiger partial charge in [0.2, 0.25) is 5.91 Å². The summed E-state index contributed by atoms with van der Waals surface area (Å²) in [6.45, 7) is 0.254. The number of fused-ring (bicyclic) bond motifs is 1. The van der Waals surface area contributed by atoms with Gasteiger partial charge in [0.25, 0.3) is 0 Å². The lowest BCUT2D eigenvalue weighted by Crippen LogP contribution is -2.31. The molecule has 0 aromatic heterocycles. The van der Waals surface area contributed by atoms with Gasteiger partial charge in [-0.15, -0.1) is 11.8 Å². The van der Waals surface area contributed by atoms with Crippen molar-refractivity contribution in [2.45, 2.75) is 23.8 Å². The normalized spacial score (nSPS) is 16.0. The first-order chi connectivity index (χ1) is 12.2. The van der Waals surface area contributed by atoms with Crippen LogP contribution in [0.2, 0.25) is 0 Å². The molecule has 0 aliphatic carbocycles. The second-order valence-electron chi connectivity index (χ2n) is 5.69. The van der Waals surface area contributed by atoms with E-state index in [2.05, 4.69) is 5.32 Å². The van der Waals surface area contributed by atoms with Crippen molar-refractivity contribution < 1.29 is 18.7 Å². The SMILES string of the molecule is COc1ccccc1OCCC(=O)N[C@@H]1CCSc2ccc(F)cc21. The monoisotopic (exact) mass is 361 g/mol. The molecule has 2 aromatic carbocycles. The van der Waals surface area contributed by atoms with Crippen LogP contribution in [0.5, 0.6) is 11.5 Å². The van der Waals surface area contributed by atoms with Gasteiger partial charge in [-0.3, -0.25) is 4.79 Å². The van der Waals surface area contributed by atoms with Gasteiger partial charge in [0.1, 0.15) is 5.82 Å². The van der Waals surface area contributed by atoms with E-state index in [0.717, 1.165) is 22.6 Å². The number of rotatable bonds is 6. The lowest BCUT2D eigenvalue weighted by Gasteiger charge is -2.26. The first kappa shape index (κ1) is 17.6. The highest BCUT2D eigenvalue weighted by Gasteiger charge is 2.22. The van der Waals surface area contributed by atoms with E-state index >= 15 is 0 Å². The van der Waals surface area contributed by atoms with Crippen molar-refractivity contribution in [2.75, 3.05) is 19.5 Å². The third kappa shape index (κ3) is 4.45. The Hall–Kier alpha value is -2.21. The number of para-hydroxylation sites is 2. The molecule has 0 spiro atoms. The maximum Gasteiger partial charge on any atom is 0.223 e. The molecule has 25 heavy (non-hydrogen) atoms. The second kappa shape index (κ2) is 8.25. The summed E-state index contributed by atoms with van der Waals surface area (Å²) in [5.41, 5.74) is 0.857. The lowest BCUT2D eigenvalue weighted by molar-refractivity contribution is -0.122. The first-order valence-corrected chi connectivity index (χ1v) is 9.13. The summed E-state index contributed by atoms with van der Waals surface area (Å²) < 4.78 is 24.4. The van der Waals surface area contributed by atoms with Gasteiger partial charge in [0.15, 0.2) is 11.5 Å². The average Bonchev–Trinajstić information content (AvgIpc) is 2.62. The molecule has 0 unspecified atom stereocenters. The number of carbonyl (C=O) groups is 1. The molecule has 1 heterocycles. The Morgan fingerprint density at radius 3 is 2.88 bits per heavy atom. The predicted molar refractivity (Wildman–Crippen MR) is 95.7 cm³/mol. The number of benzene rings is 2. The van der Waals surface area contributed by atoms with Gasteiger partial charge in [-0.25, -0.2) is 4.39 Å². The fourth-order valence-corrected chi connectivity index (χ4v) is 3.88. The molecule has 3 rings (SSSR count). The summed E-state index contributed by atoms with van der Waals surface area (Å²) in [4.78, 5) is 13.3. The molecule has 2 aromatic rings. The van der Waals surface area contributed by atoms with E-state index in [9.17, 15) is 9.18 Å². The number of carbonyl (C=O) groups excluding carboxylic acids is 1. The molecule has 4 nitrogen and oxygen atoms in total. The van der Waals surface area contributed by atoms with Crippen LogP contribution < -0.4 is 14.8 Å². The molecule has 1 aliphatic rings. The van der Waals surface area contributed by atoms with Gasteiger partial charge in [-0.05, 0) is 42.3 Å². The van der Waals surface area contributed by atoms with E-state index < -0.39 is 0 Å². The zero-order valence-electron chi connectivity index (χ0n) is 14.0. The number of amides is 1. The molecule has 0 saturated carbocycles. The summed E-state index contributed by atoms with van der Waals surface area (Å²) in [6, 6.07) is 11.9. The average molecular weight is 361 g/mol. The summed E-state index contributed by atoms with van der Waals surface area (Å²) in [6.07, 6.45) is 1.02. The fourth-order valence-electron chi connectivity index (χ4n) is 2.77. The first-order valence-electron chi connectivity index (χ1n) is 8.15. The van der Waals surface area contributed by atoms with Crippen molar-refractivity contribution in [3.63, 3.8) is 0 Å². The number of hydrogen-bond donors (Lipinski definition) is 1. The number of methoxy groups -OCH3 is 1. The standard InChI is InChI=1S/C19H20FNO3S/c1-23-16-4-2-3-5-17(16)24-10-8-19(22)21-15-9-11-25-18-7-6-13(20)12-14(15)18/h2-7,12,15H,8-11H2,1H3,(H,21,22)/t15-/m1/s1. The minimum atomic E-state index is -0.278. The Morgan fingerprint density at radius 1 is 1.28 bits per heavy atom. The van der Waals surface area contributed by atoms with E-state index in [4.69, 9.17) is 9.47 Å². The van der Waals surface area contributed by atoms with Crippen molar-refractivity contribution in [2.24, 2.45) is 0 Å². The molecule has 0 saturated heterocycles. The van der Waals surface area contributed by atoms with Crippen molar-refractivity contribution in [1.29, 1.82) is 0 Å². The molecular weight excluding hydrogens is 341 g/mol. The highest BCUT2D eigenvalue weighted by molar-refractivity contribution is 7.99. The zero-order valence-corrected chi connectivity index (χ0v) is 14.8. The molecule has 0 fully saturated rings. The van der Waals surface area contributed by atoms with Crippen LogP contribution in [0.4, 0.5) is 4.39 Å². The number of halogens is 1. The molecule has 0 bridgehead atoms.